The van der Waals surface area contributed by atoms with E-state index in [2.05, 4.69) is 10.6 Å². The fraction of sp³-hybridized carbons (Fsp3) is 0.900. The lowest BCUT2D eigenvalue weighted by atomic mass is 9.97. The molecule has 5 heteroatoms. The van der Waals surface area contributed by atoms with Crippen LogP contribution in [0.4, 0.5) is 4.39 Å². The van der Waals surface area contributed by atoms with Crippen LogP contribution in [0.3, 0.4) is 0 Å². The second-order valence-electron chi connectivity index (χ2n) is 3.98. The van der Waals surface area contributed by atoms with Crippen LogP contribution >= 0.6 is 0 Å². The van der Waals surface area contributed by atoms with Crippen molar-refractivity contribution in [2.45, 2.75) is 38.5 Å². The highest BCUT2D eigenvalue weighted by atomic mass is 19.1. The summed E-state index contributed by atoms with van der Waals surface area (Å²) in [4.78, 5) is 11.6. The molecule has 15 heavy (non-hydrogen) atoms. The number of carbonyl (C=O) groups excluding carboxylic acids is 1. The molecule has 0 bridgehead atoms. The molecule has 1 amide bonds. The van der Waals surface area contributed by atoms with Gasteiger partial charge in [0.05, 0.1) is 0 Å². The summed E-state index contributed by atoms with van der Waals surface area (Å²) in [5.74, 6) is -0.124. The largest absolute Gasteiger partial charge is 0.338 e. The van der Waals surface area contributed by atoms with Crippen molar-refractivity contribution < 1.29 is 9.18 Å². The maximum atomic E-state index is 13.1. The Morgan fingerprint density at radius 2 is 2.20 bits per heavy atom. The molecule has 4 nitrogen and oxygen atoms in total. The molecule has 88 valence electrons. The fourth-order valence-corrected chi connectivity index (χ4v) is 1.71. The Labute approximate surface area is 89.8 Å². The molecule has 1 aliphatic rings. The van der Waals surface area contributed by atoms with E-state index in [0.29, 0.717) is 6.42 Å². The van der Waals surface area contributed by atoms with Gasteiger partial charge in [0, 0.05) is 5.92 Å². The molecule has 1 fully saturated rings. The normalized spacial score (nSPS) is 22.1. The molecule has 0 spiro atoms. The van der Waals surface area contributed by atoms with Gasteiger partial charge in [-0.15, -0.1) is 0 Å². The molecule has 0 aromatic carbocycles. The molecule has 1 heterocycles. The molecule has 0 radical (unpaired) electrons. The van der Waals surface area contributed by atoms with Crippen molar-refractivity contribution in [2.75, 3.05) is 13.1 Å². The first-order valence-electron chi connectivity index (χ1n) is 5.56. The smallest absolute Gasteiger partial charge is 0.224 e. The number of halogens is 1. The Kier molecular flexibility index (Phi) is 4.98. The van der Waals surface area contributed by atoms with Gasteiger partial charge in [0.2, 0.25) is 5.91 Å². The number of hydrogen-bond donors (Lipinski definition) is 3. The molecule has 1 saturated heterocycles. The Hall–Kier alpha value is -0.680. The van der Waals surface area contributed by atoms with Crippen LogP contribution in [0.5, 0.6) is 0 Å². The highest BCUT2D eigenvalue weighted by Crippen LogP contribution is 2.12. The van der Waals surface area contributed by atoms with E-state index in [0.717, 1.165) is 25.9 Å². The number of piperidine rings is 1. The zero-order valence-electron chi connectivity index (χ0n) is 9.13. The lowest BCUT2D eigenvalue weighted by Crippen LogP contribution is -2.51. The van der Waals surface area contributed by atoms with Crippen molar-refractivity contribution in [3.8, 4) is 0 Å². The third-order valence-corrected chi connectivity index (χ3v) is 2.80. The molecule has 1 rings (SSSR count). The Bertz CT molecular complexity index is 207. The number of rotatable bonds is 4. The first-order valence-corrected chi connectivity index (χ1v) is 5.56. The zero-order valence-corrected chi connectivity index (χ0v) is 9.13. The van der Waals surface area contributed by atoms with Gasteiger partial charge in [-0.2, -0.15) is 0 Å². The van der Waals surface area contributed by atoms with Gasteiger partial charge in [0.15, 0.2) is 0 Å². The number of hydrogen-bond acceptors (Lipinski definition) is 3. The van der Waals surface area contributed by atoms with Crippen molar-refractivity contribution >= 4 is 5.91 Å². The summed E-state index contributed by atoms with van der Waals surface area (Å²) in [6, 6.07) is 0. The van der Waals surface area contributed by atoms with Gasteiger partial charge in [0.25, 0.3) is 0 Å². The molecule has 0 aromatic heterocycles. The molecule has 2 atom stereocenters. The first-order chi connectivity index (χ1) is 7.15. The third kappa shape index (κ3) is 3.76. The van der Waals surface area contributed by atoms with Crippen LogP contribution in [0.2, 0.25) is 0 Å². The van der Waals surface area contributed by atoms with Crippen LogP contribution in [0.15, 0.2) is 0 Å². The number of alkyl halides is 1. The molecule has 4 N–H and O–H groups in total. The van der Waals surface area contributed by atoms with Crippen LogP contribution < -0.4 is 16.4 Å². The highest BCUT2D eigenvalue weighted by Gasteiger charge is 2.24. The topological polar surface area (TPSA) is 67.1 Å². The molecule has 2 unspecified atom stereocenters. The van der Waals surface area contributed by atoms with E-state index in [1.54, 1.807) is 6.92 Å². The van der Waals surface area contributed by atoms with Crippen LogP contribution in [0.1, 0.15) is 26.2 Å². The van der Waals surface area contributed by atoms with Crippen molar-refractivity contribution in [3.63, 3.8) is 0 Å². The number of amides is 1. The maximum Gasteiger partial charge on any atom is 0.224 e. The van der Waals surface area contributed by atoms with E-state index in [-0.39, 0.29) is 11.8 Å². The molecular weight excluding hydrogens is 197 g/mol. The minimum atomic E-state index is -1.16. The fourth-order valence-electron chi connectivity index (χ4n) is 1.71. The molecule has 0 aliphatic carbocycles. The Morgan fingerprint density at radius 3 is 2.73 bits per heavy atom. The van der Waals surface area contributed by atoms with Crippen LogP contribution in [0, 0.1) is 5.92 Å². The van der Waals surface area contributed by atoms with Gasteiger partial charge in [-0.3, -0.25) is 4.79 Å². The summed E-state index contributed by atoms with van der Waals surface area (Å²) in [7, 11) is 0. The van der Waals surface area contributed by atoms with E-state index in [1.807, 2.05) is 0 Å². The monoisotopic (exact) mass is 217 g/mol. The van der Waals surface area contributed by atoms with Gasteiger partial charge in [-0.25, -0.2) is 4.39 Å². The summed E-state index contributed by atoms with van der Waals surface area (Å²) in [6.07, 6.45) is -0.0789. The van der Waals surface area contributed by atoms with Crippen LogP contribution in [0.25, 0.3) is 0 Å². The second kappa shape index (κ2) is 6.02. The summed E-state index contributed by atoms with van der Waals surface area (Å²) in [5, 5.41) is 5.71. The van der Waals surface area contributed by atoms with Crippen molar-refractivity contribution in [1.82, 2.24) is 10.6 Å². The summed E-state index contributed by atoms with van der Waals surface area (Å²) < 4.78 is 13.1. The lowest BCUT2D eigenvalue weighted by Gasteiger charge is -2.24. The van der Waals surface area contributed by atoms with Crippen LogP contribution in [-0.4, -0.2) is 31.3 Å². The predicted octanol–water partition coefficient (Wildman–Crippen LogP) is 0.135. The Morgan fingerprint density at radius 1 is 1.60 bits per heavy atom. The summed E-state index contributed by atoms with van der Waals surface area (Å²) in [6.45, 7) is 3.40. The second-order valence-corrected chi connectivity index (χ2v) is 3.98. The molecule has 0 saturated carbocycles. The SMILES string of the molecule is CCC(F)C(N)NC(=O)C1CCNCC1. The number of nitrogens with two attached hydrogens (primary N) is 1. The van der Waals surface area contributed by atoms with Crippen LogP contribution in [-0.2, 0) is 4.79 Å². The van der Waals surface area contributed by atoms with Gasteiger partial charge < -0.3 is 16.4 Å². The maximum absolute atomic E-state index is 13.1. The zero-order chi connectivity index (χ0) is 11.3. The van der Waals surface area contributed by atoms with Crippen molar-refractivity contribution in [3.05, 3.63) is 0 Å². The highest BCUT2D eigenvalue weighted by molar-refractivity contribution is 5.79. The van der Waals surface area contributed by atoms with Gasteiger partial charge in [-0.05, 0) is 32.4 Å². The molecule has 1 aliphatic heterocycles. The van der Waals surface area contributed by atoms with Crippen molar-refractivity contribution in [2.24, 2.45) is 11.7 Å². The summed E-state index contributed by atoms with van der Waals surface area (Å²) in [5.41, 5.74) is 5.51. The first kappa shape index (κ1) is 12.4. The average molecular weight is 217 g/mol. The average Bonchev–Trinajstić information content (AvgIpc) is 2.29. The van der Waals surface area contributed by atoms with E-state index in [1.165, 1.54) is 0 Å². The Balaban J connectivity index is 2.33. The lowest BCUT2D eigenvalue weighted by molar-refractivity contribution is -0.126. The van der Waals surface area contributed by atoms with E-state index in [4.69, 9.17) is 5.73 Å². The number of nitrogens with one attached hydrogen (secondary N) is 2. The quantitative estimate of drug-likeness (QED) is 0.587. The molecule has 0 aromatic rings. The number of carbonyl (C=O) groups is 1. The molecular formula is C10H20FN3O. The van der Waals surface area contributed by atoms with Gasteiger partial charge >= 0.3 is 0 Å². The standard InChI is InChI=1S/C10H20FN3O/c1-2-8(11)9(12)14-10(15)7-3-5-13-6-4-7/h7-9,13H,2-6,12H2,1H3,(H,14,15). The minimum Gasteiger partial charge on any atom is -0.338 e. The van der Waals surface area contributed by atoms with Crippen molar-refractivity contribution in [1.29, 1.82) is 0 Å². The predicted molar refractivity (Wildman–Crippen MR) is 56.9 cm³/mol. The minimum absolute atomic E-state index is 0.0126. The van der Waals surface area contributed by atoms with Gasteiger partial charge in [0.1, 0.15) is 12.3 Å². The van der Waals surface area contributed by atoms with E-state index >= 15 is 0 Å². The van der Waals surface area contributed by atoms with E-state index in [9.17, 15) is 9.18 Å². The van der Waals surface area contributed by atoms with E-state index < -0.39 is 12.3 Å². The van der Waals surface area contributed by atoms with Gasteiger partial charge in [-0.1, -0.05) is 6.92 Å². The third-order valence-electron chi connectivity index (χ3n) is 2.80. The summed E-state index contributed by atoms with van der Waals surface area (Å²) >= 11 is 0.